The molecule has 0 aromatic heterocycles. The number of hydrogen-bond acceptors (Lipinski definition) is 1. The molecule has 1 heteroatoms. The van der Waals surface area contributed by atoms with Crippen LogP contribution in [0.3, 0.4) is 0 Å². The third kappa shape index (κ3) is 7.66. The summed E-state index contributed by atoms with van der Waals surface area (Å²) in [6.07, 6.45) is 15.7. The molecule has 1 nitrogen and oxygen atoms in total. The fourth-order valence-corrected chi connectivity index (χ4v) is 3.20. The van der Waals surface area contributed by atoms with E-state index in [4.69, 9.17) is 0 Å². The molecule has 0 fully saturated rings. The molecule has 0 aliphatic heterocycles. The monoisotopic (exact) mass is 330 g/mol. The van der Waals surface area contributed by atoms with Crippen LogP contribution in [0.2, 0.25) is 0 Å². The van der Waals surface area contributed by atoms with Gasteiger partial charge in [-0.2, -0.15) is 0 Å². The summed E-state index contributed by atoms with van der Waals surface area (Å²) in [6, 6.07) is 6.69. The minimum Gasteiger partial charge on any atom is -0.386 e. The van der Waals surface area contributed by atoms with Crippen LogP contribution in [0.1, 0.15) is 95.2 Å². The quantitative estimate of drug-likeness (QED) is 0.415. The summed E-state index contributed by atoms with van der Waals surface area (Å²) in [7, 11) is 0. The standard InChI is InChI=1S/C23H38O/c1-5-8-9-10-11-12-17-23(24,7-3)18-16-22-15-14-21(13-6-2)19-20(22)4/h14-16,18-19,24H,5-13,17H2,1-4H3/b18-16+. The Morgan fingerprint density at radius 3 is 2.29 bits per heavy atom. The van der Waals surface area contributed by atoms with E-state index in [0.29, 0.717) is 0 Å². The highest BCUT2D eigenvalue weighted by Gasteiger charge is 2.20. The van der Waals surface area contributed by atoms with E-state index in [1.165, 1.54) is 55.2 Å². The molecule has 0 bridgehead atoms. The zero-order chi connectivity index (χ0) is 17.8. The Balaban J connectivity index is 2.57. The van der Waals surface area contributed by atoms with Crippen LogP contribution in [0.15, 0.2) is 24.3 Å². The average molecular weight is 331 g/mol. The topological polar surface area (TPSA) is 20.2 Å². The van der Waals surface area contributed by atoms with E-state index in [1.54, 1.807) is 0 Å². The number of benzene rings is 1. The largest absolute Gasteiger partial charge is 0.386 e. The molecular formula is C23H38O. The summed E-state index contributed by atoms with van der Waals surface area (Å²) in [5.41, 5.74) is 3.28. The van der Waals surface area contributed by atoms with Gasteiger partial charge in [0.05, 0.1) is 5.60 Å². The molecule has 1 unspecified atom stereocenters. The van der Waals surface area contributed by atoms with Crippen LogP contribution in [-0.4, -0.2) is 10.7 Å². The summed E-state index contributed by atoms with van der Waals surface area (Å²) in [6.45, 7) is 8.71. The number of rotatable bonds is 12. The van der Waals surface area contributed by atoms with Crippen LogP contribution in [-0.2, 0) is 6.42 Å². The second-order valence-corrected chi connectivity index (χ2v) is 7.25. The van der Waals surface area contributed by atoms with E-state index in [9.17, 15) is 5.11 Å². The second-order valence-electron chi connectivity index (χ2n) is 7.25. The van der Waals surface area contributed by atoms with Gasteiger partial charge in [-0.1, -0.05) is 96.1 Å². The molecule has 136 valence electrons. The van der Waals surface area contributed by atoms with Gasteiger partial charge < -0.3 is 5.11 Å². The molecule has 1 aromatic rings. The van der Waals surface area contributed by atoms with E-state index in [0.717, 1.165) is 25.7 Å². The van der Waals surface area contributed by atoms with Crippen LogP contribution in [0.5, 0.6) is 0 Å². The van der Waals surface area contributed by atoms with Crippen molar-refractivity contribution in [2.45, 2.75) is 97.5 Å². The first-order valence-corrected chi connectivity index (χ1v) is 10.1. The molecule has 1 rings (SSSR count). The highest BCUT2D eigenvalue weighted by Crippen LogP contribution is 2.23. The van der Waals surface area contributed by atoms with Gasteiger partial charge in [0.2, 0.25) is 0 Å². The maximum absolute atomic E-state index is 10.8. The predicted octanol–water partition coefficient (Wildman–Crippen LogP) is 6.85. The fraction of sp³-hybridized carbons (Fsp3) is 0.652. The van der Waals surface area contributed by atoms with Crippen molar-refractivity contribution in [3.8, 4) is 0 Å². The van der Waals surface area contributed by atoms with E-state index < -0.39 is 5.60 Å². The second kappa shape index (κ2) is 11.5. The number of hydrogen-bond donors (Lipinski definition) is 1. The van der Waals surface area contributed by atoms with Crippen LogP contribution in [0.4, 0.5) is 0 Å². The summed E-state index contributed by atoms with van der Waals surface area (Å²) in [5.74, 6) is 0. The minimum absolute atomic E-state index is 0.653. The maximum Gasteiger partial charge on any atom is 0.0828 e. The number of aliphatic hydroxyl groups is 1. The van der Waals surface area contributed by atoms with Gasteiger partial charge in [-0.15, -0.1) is 0 Å². The third-order valence-electron chi connectivity index (χ3n) is 5.02. The molecule has 24 heavy (non-hydrogen) atoms. The Morgan fingerprint density at radius 1 is 0.958 bits per heavy atom. The van der Waals surface area contributed by atoms with Crippen LogP contribution < -0.4 is 0 Å². The highest BCUT2D eigenvalue weighted by atomic mass is 16.3. The van der Waals surface area contributed by atoms with Crippen molar-refractivity contribution < 1.29 is 5.11 Å². The van der Waals surface area contributed by atoms with Gasteiger partial charge in [-0.05, 0) is 42.9 Å². The zero-order valence-electron chi connectivity index (χ0n) is 16.4. The van der Waals surface area contributed by atoms with E-state index >= 15 is 0 Å². The molecule has 0 spiro atoms. The van der Waals surface area contributed by atoms with Gasteiger partial charge in [0.1, 0.15) is 0 Å². The lowest BCUT2D eigenvalue weighted by atomic mass is 9.91. The van der Waals surface area contributed by atoms with Crippen LogP contribution in [0, 0.1) is 6.92 Å². The van der Waals surface area contributed by atoms with Crippen LogP contribution in [0.25, 0.3) is 6.08 Å². The Hall–Kier alpha value is -1.08. The Morgan fingerprint density at radius 2 is 1.67 bits per heavy atom. The molecule has 0 radical (unpaired) electrons. The first-order valence-electron chi connectivity index (χ1n) is 10.1. The van der Waals surface area contributed by atoms with Gasteiger partial charge in [0, 0.05) is 0 Å². The lowest BCUT2D eigenvalue weighted by molar-refractivity contribution is 0.0752. The van der Waals surface area contributed by atoms with Crippen molar-refractivity contribution in [2.24, 2.45) is 0 Å². The fourth-order valence-electron chi connectivity index (χ4n) is 3.20. The smallest absolute Gasteiger partial charge is 0.0828 e. The molecule has 1 N–H and O–H groups in total. The molecule has 0 saturated carbocycles. The first kappa shape index (κ1) is 21.0. The third-order valence-corrected chi connectivity index (χ3v) is 5.02. The van der Waals surface area contributed by atoms with Gasteiger partial charge >= 0.3 is 0 Å². The molecule has 0 aliphatic carbocycles. The van der Waals surface area contributed by atoms with Crippen LogP contribution >= 0.6 is 0 Å². The van der Waals surface area contributed by atoms with Gasteiger partial charge in [-0.3, -0.25) is 0 Å². The zero-order valence-corrected chi connectivity index (χ0v) is 16.4. The van der Waals surface area contributed by atoms with E-state index in [2.05, 4.69) is 52.0 Å². The molecular weight excluding hydrogens is 292 g/mol. The predicted molar refractivity (Wildman–Crippen MR) is 107 cm³/mol. The number of aryl methyl sites for hydroxylation is 2. The van der Waals surface area contributed by atoms with Crippen molar-refractivity contribution in [1.82, 2.24) is 0 Å². The minimum atomic E-state index is -0.653. The molecule has 1 aromatic carbocycles. The highest BCUT2D eigenvalue weighted by molar-refractivity contribution is 5.55. The van der Waals surface area contributed by atoms with Gasteiger partial charge in [0.15, 0.2) is 0 Å². The summed E-state index contributed by atoms with van der Waals surface area (Å²) < 4.78 is 0. The normalized spacial score (nSPS) is 14.2. The Bertz CT molecular complexity index is 489. The Labute approximate surface area is 150 Å². The van der Waals surface area contributed by atoms with Crippen molar-refractivity contribution in [1.29, 1.82) is 0 Å². The lowest BCUT2D eigenvalue weighted by Gasteiger charge is -2.23. The molecule has 0 heterocycles. The summed E-state index contributed by atoms with van der Waals surface area (Å²) >= 11 is 0. The number of unbranched alkanes of at least 4 members (excludes halogenated alkanes) is 5. The maximum atomic E-state index is 10.8. The van der Waals surface area contributed by atoms with Crippen molar-refractivity contribution in [2.75, 3.05) is 0 Å². The molecule has 1 atom stereocenters. The molecule has 0 aliphatic rings. The Kier molecular flexibility index (Phi) is 10.0. The molecule has 0 saturated heterocycles. The SMILES string of the molecule is CCCCCCCCC(O)(/C=C/c1ccc(CCC)cc1C)CC. The van der Waals surface area contributed by atoms with Crippen molar-refractivity contribution in [3.63, 3.8) is 0 Å². The van der Waals surface area contributed by atoms with Crippen molar-refractivity contribution in [3.05, 3.63) is 41.0 Å². The first-order chi connectivity index (χ1) is 11.5. The lowest BCUT2D eigenvalue weighted by Crippen LogP contribution is -2.24. The average Bonchev–Trinajstić information content (AvgIpc) is 2.57. The molecule has 0 amide bonds. The van der Waals surface area contributed by atoms with Gasteiger partial charge in [-0.25, -0.2) is 0 Å². The van der Waals surface area contributed by atoms with E-state index in [-0.39, 0.29) is 0 Å². The summed E-state index contributed by atoms with van der Waals surface area (Å²) in [4.78, 5) is 0. The van der Waals surface area contributed by atoms with Crippen molar-refractivity contribution >= 4 is 6.08 Å². The summed E-state index contributed by atoms with van der Waals surface area (Å²) in [5, 5.41) is 10.8. The van der Waals surface area contributed by atoms with Gasteiger partial charge in [0.25, 0.3) is 0 Å². The van der Waals surface area contributed by atoms with E-state index in [1.807, 2.05) is 6.08 Å².